The molecule has 8 nitrogen and oxygen atoms in total. The van der Waals surface area contributed by atoms with Crippen molar-refractivity contribution in [3.8, 4) is 16.9 Å². The Morgan fingerprint density at radius 2 is 1.78 bits per heavy atom. The standard InChI is InChI=1S/C33H32F2N2O6S2/c34-27-8-7-25(20-28(27)35)26-18-23(4-9-29(26)43-17-13-36-11-15-41-16-12-36)19-30-31(38)37(33(44)45-30)10-1-14-42-21-22-2-5-24(6-3-22)32(39)40/h2-9,18-20H,1,10-17,21H2,(H,39,40). The van der Waals surface area contributed by atoms with Crippen LogP contribution in [0.5, 0.6) is 5.75 Å². The van der Waals surface area contributed by atoms with Gasteiger partial charge in [-0.3, -0.25) is 14.6 Å². The van der Waals surface area contributed by atoms with Crippen molar-refractivity contribution >= 4 is 46.3 Å². The maximum atomic E-state index is 14.2. The van der Waals surface area contributed by atoms with Gasteiger partial charge < -0.3 is 19.3 Å². The molecular weight excluding hydrogens is 623 g/mol. The van der Waals surface area contributed by atoms with Crippen LogP contribution < -0.4 is 4.74 Å². The van der Waals surface area contributed by atoms with E-state index in [1.54, 1.807) is 30.3 Å². The van der Waals surface area contributed by atoms with Crippen molar-refractivity contribution in [1.82, 2.24) is 9.80 Å². The molecule has 0 aromatic heterocycles. The summed E-state index contributed by atoms with van der Waals surface area (Å²) in [6, 6.07) is 15.6. The van der Waals surface area contributed by atoms with Crippen molar-refractivity contribution in [1.29, 1.82) is 0 Å². The van der Waals surface area contributed by atoms with Crippen molar-refractivity contribution in [3.63, 3.8) is 0 Å². The normalized spacial score (nSPS) is 16.5. The fraction of sp³-hybridized carbons (Fsp3) is 0.303. The molecule has 2 saturated heterocycles. The molecule has 2 heterocycles. The van der Waals surface area contributed by atoms with Gasteiger partial charge in [0.25, 0.3) is 5.91 Å². The van der Waals surface area contributed by atoms with Gasteiger partial charge in [0.05, 0.1) is 30.3 Å². The van der Waals surface area contributed by atoms with E-state index in [1.807, 2.05) is 6.07 Å². The number of thioether (sulfide) groups is 1. The molecule has 2 aliphatic heterocycles. The first-order chi connectivity index (χ1) is 21.8. The van der Waals surface area contributed by atoms with E-state index in [2.05, 4.69) is 4.90 Å². The molecule has 0 unspecified atom stereocenters. The third-order valence-electron chi connectivity index (χ3n) is 7.31. The zero-order valence-electron chi connectivity index (χ0n) is 24.4. The number of rotatable bonds is 13. The molecule has 0 saturated carbocycles. The second-order valence-electron chi connectivity index (χ2n) is 10.4. The lowest BCUT2D eigenvalue weighted by Gasteiger charge is -2.26. The summed E-state index contributed by atoms with van der Waals surface area (Å²) < 4.78 is 45.5. The number of benzene rings is 3. The lowest BCUT2D eigenvalue weighted by molar-refractivity contribution is -0.122. The van der Waals surface area contributed by atoms with Gasteiger partial charge >= 0.3 is 5.97 Å². The van der Waals surface area contributed by atoms with Gasteiger partial charge in [-0.1, -0.05) is 48.2 Å². The van der Waals surface area contributed by atoms with E-state index < -0.39 is 17.6 Å². The largest absolute Gasteiger partial charge is 0.492 e. The molecule has 3 aromatic carbocycles. The van der Waals surface area contributed by atoms with Crippen molar-refractivity contribution < 1.29 is 37.7 Å². The van der Waals surface area contributed by atoms with Crippen LogP contribution in [0.1, 0.15) is 27.9 Å². The van der Waals surface area contributed by atoms with Crippen LogP contribution >= 0.6 is 24.0 Å². The van der Waals surface area contributed by atoms with E-state index in [0.29, 0.717) is 84.2 Å². The number of hydrogen-bond acceptors (Lipinski definition) is 8. The maximum Gasteiger partial charge on any atom is 0.335 e. The number of amides is 1. The van der Waals surface area contributed by atoms with Gasteiger partial charge in [-0.15, -0.1) is 0 Å². The topological polar surface area (TPSA) is 88.5 Å². The summed E-state index contributed by atoms with van der Waals surface area (Å²) in [5, 5.41) is 9.01. The third kappa shape index (κ3) is 8.74. The van der Waals surface area contributed by atoms with E-state index in [0.717, 1.165) is 30.8 Å². The summed E-state index contributed by atoms with van der Waals surface area (Å²) in [6.45, 7) is 5.23. The Balaban J connectivity index is 1.22. The van der Waals surface area contributed by atoms with Crippen molar-refractivity contribution in [2.45, 2.75) is 13.0 Å². The Bertz CT molecular complexity index is 1580. The highest BCUT2D eigenvalue weighted by atomic mass is 32.2. The molecule has 0 aliphatic carbocycles. The summed E-state index contributed by atoms with van der Waals surface area (Å²) in [7, 11) is 0. The minimum absolute atomic E-state index is 0.213. The van der Waals surface area contributed by atoms with E-state index >= 15 is 0 Å². The molecule has 1 N–H and O–H groups in total. The fourth-order valence-corrected chi connectivity index (χ4v) is 6.17. The second kappa shape index (κ2) is 15.5. The summed E-state index contributed by atoms with van der Waals surface area (Å²) in [5.74, 6) is -2.57. The van der Waals surface area contributed by atoms with E-state index in [-0.39, 0.29) is 11.5 Å². The lowest BCUT2D eigenvalue weighted by Crippen LogP contribution is -2.38. The smallest absolute Gasteiger partial charge is 0.335 e. The quantitative estimate of drug-likeness (QED) is 0.139. The van der Waals surface area contributed by atoms with Crippen LogP contribution in [0.4, 0.5) is 8.78 Å². The van der Waals surface area contributed by atoms with Crippen molar-refractivity contribution in [2.75, 3.05) is 52.6 Å². The van der Waals surface area contributed by atoms with Gasteiger partial charge in [-0.25, -0.2) is 13.6 Å². The second-order valence-corrected chi connectivity index (χ2v) is 12.1. The Morgan fingerprint density at radius 3 is 2.51 bits per heavy atom. The van der Waals surface area contributed by atoms with Crippen molar-refractivity contribution in [2.24, 2.45) is 0 Å². The number of carboxylic acids is 1. The molecule has 3 aromatic rings. The van der Waals surface area contributed by atoms with E-state index in [1.165, 1.54) is 34.9 Å². The van der Waals surface area contributed by atoms with Crippen LogP contribution in [0.3, 0.4) is 0 Å². The predicted molar refractivity (Wildman–Crippen MR) is 172 cm³/mol. The number of halogens is 2. The number of ether oxygens (including phenoxy) is 3. The molecule has 0 spiro atoms. The molecule has 5 rings (SSSR count). The Kier molecular flexibility index (Phi) is 11.3. The number of aromatic carboxylic acids is 1. The first kappa shape index (κ1) is 32.7. The highest BCUT2D eigenvalue weighted by Gasteiger charge is 2.31. The van der Waals surface area contributed by atoms with Gasteiger partial charge in [0.2, 0.25) is 0 Å². The number of morpholine rings is 1. The Morgan fingerprint density at radius 1 is 1.00 bits per heavy atom. The van der Waals surface area contributed by atoms with Gasteiger partial charge in [-0.05, 0) is 65.6 Å². The number of hydrogen-bond donors (Lipinski definition) is 1. The molecular formula is C33H32F2N2O6S2. The number of thiocarbonyl (C=S) groups is 1. The number of carbonyl (C=O) groups excluding carboxylic acids is 1. The number of carbonyl (C=O) groups is 2. The fourth-order valence-electron chi connectivity index (χ4n) is 4.86. The molecule has 0 atom stereocenters. The number of nitrogens with zero attached hydrogens (tertiary/aromatic N) is 2. The van der Waals surface area contributed by atoms with Crippen LogP contribution in [0.15, 0.2) is 65.6 Å². The first-order valence-corrected chi connectivity index (χ1v) is 15.7. The predicted octanol–water partition coefficient (Wildman–Crippen LogP) is 5.85. The highest BCUT2D eigenvalue weighted by molar-refractivity contribution is 8.26. The molecule has 1 amide bonds. The van der Waals surface area contributed by atoms with Crippen LogP contribution in [0.25, 0.3) is 17.2 Å². The summed E-state index contributed by atoms with van der Waals surface area (Å²) in [4.78, 5) is 28.4. The molecule has 12 heteroatoms. The maximum absolute atomic E-state index is 14.2. The zero-order valence-corrected chi connectivity index (χ0v) is 26.0. The molecule has 0 bridgehead atoms. The minimum Gasteiger partial charge on any atom is -0.492 e. The van der Waals surface area contributed by atoms with Gasteiger partial charge in [0.15, 0.2) is 11.6 Å². The van der Waals surface area contributed by atoms with Gasteiger partial charge in [0.1, 0.15) is 16.7 Å². The lowest BCUT2D eigenvalue weighted by atomic mass is 10.0. The molecule has 0 radical (unpaired) electrons. The summed E-state index contributed by atoms with van der Waals surface area (Å²) in [5.41, 5.74) is 2.79. The SMILES string of the molecule is O=C(O)c1ccc(COCCCN2C(=O)C(=Cc3ccc(OCCN4CCOCC4)c(-c4ccc(F)c(F)c4)c3)SC2=S)cc1. The van der Waals surface area contributed by atoms with E-state index in [4.69, 9.17) is 31.5 Å². The Hall–Kier alpha value is -3.68. The molecule has 2 fully saturated rings. The van der Waals surface area contributed by atoms with Gasteiger partial charge in [0, 0.05) is 38.3 Å². The summed E-state index contributed by atoms with van der Waals surface area (Å²) in [6.07, 6.45) is 2.29. The van der Waals surface area contributed by atoms with Crippen LogP contribution in [-0.4, -0.2) is 83.7 Å². The minimum atomic E-state index is -0.982. The van der Waals surface area contributed by atoms with E-state index in [9.17, 15) is 18.4 Å². The Labute approximate surface area is 269 Å². The zero-order chi connectivity index (χ0) is 31.8. The average Bonchev–Trinajstić information content (AvgIpc) is 3.30. The van der Waals surface area contributed by atoms with Crippen molar-refractivity contribution in [3.05, 3.63) is 93.9 Å². The first-order valence-electron chi connectivity index (χ1n) is 14.5. The average molecular weight is 655 g/mol. The third-order valence-corrected chi connectivity index (χ3v) is 8.69. The van der Waals surface area contributed by atoms with Gasteiger partial charge in [-0.2, -0.15) is 0 Å². The van der Waals surface area contributed by atoms with Crippen LogP contribution in [0.2, 0.25) is 0 Å². The highest BCUT2D eigenvalue weighted by Crippen LogP contribution is 2.36. The monoisotopic (exact) mass is 654 g/mol. The van der Waals surface area contributed by atoms with Crippen LogP contribution in [0, 0.1) is 11.6 Å². The summed E-state index contributed by atoms with van der Waals surface area (Å²) >= 11 is 6.68. The molecule has 2 aliphatic rings. The molecule has 236 valence electrons. The number of carboxylic acid groups (broad SMARTS) is 1. The molecule has 45 heavy (non-hydrogen) atoms. The van der Waals surface area contributed by atoms with Crippen LogP contribution in [-0.2, 0) is 20.9 Å².